The van der Waals surface area contributed by atoms with E-state index < -0.39 is 0 Å². The number of aliphatic imine (C=N–C) groups is 1. The zero-order chi connectivity index (χ0) is 18.4. The number of rotatable bonds is 5. The average molecular weight is 348 g/mol. The van der Waals surface area contributed by atoms with Crippen molar-refractivity contribution in [2.45, 2.75) is 26.9 Å². The van der Waals surface area contributed by atoms with E-state index in [-0.39, 0.29) is 0 Å². The number of hydrogen-bond donors (Lipinski definition) is 2. The van der Waals surface area contributed by atoms with Gasteiger partial charge in [0.05, 0.1) is 0 Å². The lowest BCUT2D eigenvalue weighted by Gasteiger charge is -2.19. The molecule has 136 valence electrons. The molecule has 0 atom stereocenters. The van der Waals surface area contributed by atoms with E-state index in [2.05, 4.69) is 89.0 Å². The van der Waals surface area contributed by atoms with Crippen molar-refractivity contribution in [2.24, 2.45) is 4.99 Å². The van der Waals surface area contributed by atoms with E-state index in [1.165, 1.54) is 27.9 Å². The predicted octanol–water partition coefficient (Wildman–Crippen LogP) is 3.54. The first-order valence-electron chi connectivity index (χ1n) is 9.15. The number of guanidine groups is 1. The molecule has 0 fully saturated rings. The van der Waals surface area contributed by atoms with Crippen molar-refractivity contribution >= 4 is 11.6 Å². The third kappa shape index (κ3) is 4.66. The van der Waals surface area contributed by atoms with Gasteiger partial charge in [-0.25, -0.2) is 0 Å². The summed E-state index contributed by atoms with van der Waals surface area (Å²) in [5.41, 5.74) is 6.42. The van der Waals surface area contributed by atoms with Crippen molar-refractivity contribution in [3.8, 4) is 0 Å². The van der Waals surface area contributed by atoms with E-state index >= 15 is 0 Å². The van der Waals surface area contributed by atoms with Gasteiger partial charge in [-0.1, -0.05) is 48.0 Å². The number of hydrogen-bond acceptors (Lipinski definition) is 2. The van der Waals surface area contributed by atoms with Crippen LogP contribution >= 0.6 is 0 Å². The molecule has 0 unspecified atom stereocenters. The maximum absolute atomic E-state index is 4.34. The number of benzene rings is 2. The SMILES string of the molecule is CN=C(NCc1cccc(N2CC=CC2)c1)NCc1ccc(C)cc1C. The molecule has 0 bridgehead atoms. The summed E-state index contributed by atoms with van der Waals surface area (Å²) >= 11 is 0. The molecular weight excluding hydrogens is 320 g/mol. The van der Waals surface area contributed by atoms with Crippen LogP contribution in [-0.2, 0) is 13.1 Å². The first-order chi connectivity index (χ1) is 12.7. The van der Waals surface area contributed by atoms with Crippen LogP contribution in [0.25, 0.3) is 0 Å². The molecule has 0 saturated heterocycles. The van der Waals surface area contributed by atoms with E-state index in [0.717, 1.165) is 32.1 Å². The van der Waals surface area contributed by atoms with Gasteiger partial charge in [0.15, 0.2) is 5.96 Å². The second-order valence-electron chi connectivity index (χ2n) is 6.76. The molecule has 0 aromatic heterocycles. The first kappa shape index (κ1) is 18.1. The first-order valence-corrected chi connectivity index (χ1v) is 9.15. The van der Waals surface area contributed by atoms with Gasteiger partial charge in [-0.05, 0) is 42.7 Å². The summed E-state index contributed by atoms with van der Waals surface area (Å²) in [5.74, 6) is 0.818. The fraction of sp³-hybridized carbons (Fsp3) is 0.318. The van der Waals surface area contributed by atoms with Crippen molar-refractivity contribution in [2.75, 3.05) is 25.0 Å². The van der Waals surface area contributed by atoms with Gasteiger partial charge in [0.2, 0.25) is 0 Å². The van der Waals surface area contributed by atoms with Crippen LogP contribution in [0.15, 0.2) is 59.6 Å². The lowest BCUT2D eigenvalue weighted by molar-refractivity contribution is 0.805. The topological polar surface area (TPSA) is 39.7 Å². The van der Waals surface area contributed by atoms with Crippen LogP contribution in [0.2, 0.25) is 0 Å². The van der Waals surface area contributed by atoms with Gasteiger partial charge in [-0.2, -0.15) is 0 Å². The number of nitrogens with zero attached hydrogens (tertiary/aromatic N) is 2. The molecule has 2 N–H and O–H groups in total. The lowest BCUT2D eigenvalue weighted by Crippen LogP contribution is -2.36. The van der Waals surface area contributed by atoms with Crippen molar-refractivity contribution in [1.82, 2.24) is 10.6 Å². The fourth-order valence-electron chi connectivity index (χ4n) is 3.18. The average Bonchev–Trinajstić information content (AvgIpc) is 3.18. The van der Waals surface area contributed by atoms with Crippen molar-refractivity contribution in [3.05, 3.63) is 76.9 Å². The minimum absolute atomic E-state index is 0.752. The third-order valence-electron chi connectivity index (χ3n) is 4.72. The molecule has 1 heterocycles. The molecule has 0 radical (unpaired) electrons. The lowest BCUT2D eigenvalue weighted by atomic mass is 10.1. The Morgan fingerprint density at radius 1 is 1.00 bits per heavy atom. The molecule has 4 nitrogen and oxygen atoms in total. The van der Waals surface area contributed by atoms with Crippen molar-refractivity contribution < 1.29 is 0 Å². The summed E-state index contributed by atoms with van der Waals surface area (Å²) in [5, 5.41) is 6.81. The highest BCUT2D eigenvalue weighted by Gasteiger charge is 2.08. The van der Waals surface area contributed by atoms with E-state index in [1.54, 1.807) is 0 Å². The van der Waals surface area contributed by atoms with Crippen molar-refractivity contribution in [3.63, 3.8) is 0 Å². The Hall–Kier alpha value is -2.75. The Balaban J connectivity index is 1.55. The predicted molar refractivity (Wildman–Crippen MR) is 111 cm³/mol. The Kier molecular flexibility index (Phi) is 5.95. The van der Waals surface area contributed by atoms with E-state index in [1.807, 2.05) is 7.05 Å². The van der Waals surface area contributed by atoms with E-state index in [0.29, 0.717) is 0 Å². The smallest absolute Gasteiger partial charge is 0.191 e. The summed E-state index contributed by atoms with van der Waals surface area (Å²) in [6.45, 7) is 7.79. The van der Waals surface area contributed by atoms with Gasteiger partial charge < -0.3 is 15.5 Å². The van der Waals surface area contributed by atoms with Crippen molar-refractivity contribution in [1.29, 1.82) is 0 Å². The number of anilines is 1. The zero-order valence-corrected chi connectivity index (χ0v) is 15.9. The summed E-state index contributed by atoms with van der Waals surface area (Å²) in [6, 6.07) is 15.2. The molecule has 0 spiro atoms. The highest BCUT2D eigenvalue weighted by molar-refractivity contribution is 5.79. The van der Waals surface area contributed by atoms with Gasteiger partial charge in [-0.15, -0.1) is 0 Å². The molecule has 0 saturated carbocycles. The minimum Gasteiger partial charge on any atom is -0.364 e. The summed E-state index contributed by atoms with van der Waals surface area (Å²) in [4.78, 5) is 6.70. The normalized spacial score (nSPS) is 14.0. The van der Waals surface area contributed by atoms with Crippen LogP contribution in [0.4, 0.5) is 5.69 Å². The van der Waals surface area contributed by atoms with Crippen LogP contribution in [0.5, 0.6) is 0 Å². The van der Waals surface area contributed by atoms with Gasteiger partial charge in [0.25, 0.3) is 0 Å². The standard InChI is InChI=1S/C22H28N4/c1-17-9-10-20(18(2)13-17)16-25-22(23-3)24-15-19-7-6-8-21(14-19)26-11-4-5-12-26/h4-10,13-14H,11-12,15-16H2,1-3H3,(H2,23,24,25). The molecule has 26 heavy (non-hydrogen) atoms. The maximum atomic E-state index is 4.34. The molecule has 4 heteroatoms. The van der Waals surface area contributed by atoms with Crippen LogP contribution in [-0.4, -0.2) is 26.1 Å². The Bertz CT molecular complexity index is 800. The van der Waals surface area contributed by atoms with Crippen LogP contribution < -0.4 is 15.5 Å². The minimum atomic E-state index is 0.752. The molecule has 2 aromatic rings. The molecule has 1 aliphatic heterocycles. The summed E-state index contributed by atoms with van der Waals surface area (Å²) in [6.07, 6.45) is 4.42. The number of aryl methyl sites for hydroxylation is 2. The molecular formula is C22H28N4. The Morgan fingerprint density at radius 2 is 1.77 bits per heavy atom. The zero-order valence-electron chi connectivity index (χ0n) is 15.9. The number of nitrogens with one attached hydrogen (secondary N) is 2. The third-order valence-corrected chi connectivity index (χ3v) is 4.72. The monoisotopic (exact) mass is 348 g/mol. The van der Waals surface area contributed by atoms with Crippen LogP contribution in [0, 0.1) is 13.8 Å². The summed E-state index contributed by atoms with van der Waals surface area (Å²) in [7, 11) is 1.81. The highest BCUT2D eigenvalue weighted by Crippen LogP contribution is 2.18. The van der Waals surface area contributed by atoms with Gasteiger partial charge >= 0.3 is 0 Å². The van der Waals surface area contributed by atoms with Crippen LogP contribution in [0.3, 0.4) is 0 Å². The summed E-state index contributed by atoms with van der Waals surface area (Å²) < 4.78 is 0. The molecule has 2 aromatic carbocycles. The molecule has 0 aliphatic carbocycles. The van der Waals surface area contributed by atoms with Crippen LogP contribution in [0.1, 0.15) is 22.3 Å². The van der Waals surface area contributed by atoms with Gasteiger partial charge in [0, 0.05) is 38.9 Å². The van der Waals surface area contributed by atoms with E-state index in [4.69, 9.17) is 0 Å². The quantitative estimate of drug-likeness (QED) is 0.493. The maximum Gasteiger partial charge on any atom is 0.191 e. The second kappa shape index (κ2) is 8.56. The molecule has 1 aliphatic rings. The van der Waals surface area contributed by atoms with E-state index in [9.17, 15) is 0 Å². The largest absolute Gasteiger partial charge is 0.364 e. The van der Waals surface area contributed by atoms with Gasteiger partial charge in [0.1, 0.15) is 0 Å². The Labute approximate surface area is 156 Å². The van der Waals surface area contributed by atoms with Gasteiger partial charge in [-0.3, -0.25) is 4.99 Å². The molecule has 3 rings (SSSR count). The Morgan fingerprint density at radius 3 is 2.50 bits per heavy atom. The highest BCUT2D eigenvalue weighted by atomic mass is 15.2. The molecule has 0 amide bonds. The second-order valence-corrected chi connectivity index (χ2v) is 6.76. The fourth-order valence-corrected chi connectivity index (χ4v) is 3.18.